The number of hydrogen-bond acceptors (Lipinski definition) is 1. The van der Waals surface area contributed by atoms with Crippen LogP contribution in [-0.2, 0) is 0 Å². The molecule has 4 rings (SSSR count). The maximum absolute atomic E-state index is 10.1. The number of rotatable bonds is 2. The van der Waals surface area contributed by atoms with Crippen LogP contribution in [0, 0.1) is 52.8 Å². The van der Waals surface area contributed by atoms with Crippen molar-refractivity contribution in [3.8, 4) is 12.3 Å². The van der Waals surface area contributed by atoms with Gasteiger partial charge in [-0.2, -0.15) is 0 Å². The molecule has 1 nitrogen and oxygen atoms in total. The standard InChI is InChI=1S/C24H36O/c1-5-6-16(2)20-9-10-21-19-8-7-17-15-18(25)11-13-23(17,3)22(19)12-14-24(20,21)4/h1,15-16,18-22,25H,6-14H2,2-4H3. The molecule has 4 aliphatic carbocycles. The van der Waals surface area contributed by atoms with Crippen LogP contribution in [0.3, 0.4) is 0 Å². The van der Waals surface area contributed by atoms with Crippen LogP contribution in [0.1, 0.15) is 78.6 Å². The lowest BCUT2D eigenvalue weighted by Gasteiger charge is -2.59. The van der Waals surface area contributed by atoms with Crippen molar-refractivity contribution in [1.29, 1.82) is 0 Å². The molecule has 0 radical (unpaired) electrons. The predicted molar refractivity (Wildman–Crippen MR) is 104 cm³/mol. The molecular formula is C24H36O. The van der Waals surface area contributed by atoms with Gasteiger partial charge in [0.25, 0.3) is 0 Å². The largest absolute Gasteiger partial charge is 0.389 e. The van der Waals surface area contributed by atoms with Gasteiger partial charge in [0.15, 0.2) is 0 Å². The summed E-state index contributed by atoms with van der Waals surface area (Å²) in [5.41, 5.74) is 2.47. The van der Waals surface area contributed by atoms with Crippen LogP contribution in [-0.4, -0.2) is 11.2 Å². The van der Waals surface area contributed by atoms with Gasteiger partial charge in [0, 0.05) is 6.42 Å². The molecule has 8 atom stereocenters. The molecule has 8 unspecified atom stereocenters. The first kappa shape index (κ1) is 17.7. The molecule has 0 aromatic heterocycles. The molecule has 4 aliphatic rings. The van der Waals surface area contributed by atoms with Crippen LogP contribution in [0.4, 0.5) is 0 Å². The molecule has 0 spiro atoms. The molecule has 0 aliphatic heterocycles. The second-order valence-electron chi connectivity index (χ2n) is 10.2. The normalized spacial score (nSPS) is 50.0. The van der Waals surface area contributed by atoms with Gasteiger partial charge in [-0.15, -0.1) is 12.3 Å². The van der Waals surface area contributed by atoms with Gasteiger partial charge in [-0.3, -0.25) is 0 Å². The predicted octanol–water partition coefficient (Wildman–Crippen LogP) is 5.59. The number of allylic oxidation sites excluding steroid dienone is 1. The van der Waals surface area contributed by atoms with E-state index >= 15 is 0 Å². The monoisotopic (exact) mass is 340 g/mol. The van der Waals surface area contributed by atoms with Gasteiger partial charge in [-0.1, -0.05) is 32.4 Å². The number of hydrogen-bond donors (Lipinski definition) is 1. The Morgan fingerprint density at radius 2 is 1.96 bits per heavy atom. The highest BCUT2D eigenvalue weighted by Crippen LogP contribution is 2.67. The van der Waals surface area contributed by atoms with Gasteiger partial charge in [0.05, 0.1) is 6.10 Å². The first-order valence-corrected chi connectivity index (χ1v) is 10.7. The van der Waals surface area contributed by atoms with Crippen molar-refractivity contribution < 1.29 is 5.11 Å². The third kappa shape index (κ3) is 2.55. The fourth-order valence-corrected chi connectivity index (χ4v) is 8.01. The lowest BCUT2D eigenvalue weighted by molar-refractivity contribution is -0.0617. The van der Waals surface area contributed by atoms with Crippen molar-refractivity contribution in [3.05, 3.63) is 11.6 Å². The second-order valence-corrected chi connectivity index (χ2v) is 10.2. The van der Waals surface area contributed by atoms with Crippen molar-refractivity contribution in [1.82, 2.24) is 0 Å². The van der Waals surface area contributed by atoms with E-state index in [9.17, 15) is 5.11 Å². The molecule has 1 N–H and O–H groups in total. The van der Waals surface area contributed by atoms with Gasteiger partial charge in [0.2, 0.25) is 0 Å². The fourth-order valence-electron chi connectivity index (χ4n) is 8.01. The minimum absolute atomic E-state index is 0.186. The molecule has 3 fully saturated rings. The van der Waals surface area contributed by atoms with Crippen LogP contribution >= 0.6 is 0 Å². The summed E-state index contributed by atoms with van der Waals surface area (Å²) in [7, 11) is 0. The highest BCUT2D eigenvalue weighted by molar-refractivity contribution is 5.25. The van der Waals surface area contributed by atoms with E-state index in [0.717, 1.165) is 36.5 Å². The topological polar surface area (TPSA) is 20.2 Å². The SMILES string of the molecule is C#CCC(C)C1CCC2C3CCC4=CC(O)CCC4(C)C3CCC12C. The van der Waals surface area contributed by atoms with Crippen molar-refractivity contribution in [2.75, 3.05) is 0 Å². The molecule has 0 heterocycles. The molecule has 0 amide bonds. The van der Waals surface area contributed by atoms with Gasteiger partial charge >= 0.3 is 0 Å². The van der Waals surface area contributed by atoms with Crippen LogP contribution < -0.4 is 0 Å². The third-order valence-corrected chi connectivity index (χ3v) is 9.29. The molecule has 1 heteroatoms. The Hall–Kier alpha value is -0.740. The molecule has 0 aromatic rings. The zero-order valence-corrected chi connectivity index (χ0v) is 16.4. The molecule has 3 saturated carbocycles. The summed E-state index contributed by atoms with van der Waals surface area (Å²) in [6, 6.07) is 0. The Labute approximate surface area is 154 Å². The number of aliphatic hydroxyl groups excluding tert-OH is 1. The van der Waals surface area contributed by atoms with Gasteiger partial charge in [0.1, 0.15) is 0 Å². The van der Waals surface area contributed by atoms with Crippen molar-refractivity contribution >= 4 is 0 Å². The molecule has 0 aromatic carbocycles. The van der Waals surface area contributed by atoms with Gasteiger partial charge in [-0.25, -0.2) is 0 Å². The van der Waals surface area contributed by atoms with E-state index in [4.69, 9.17) is 6.42 Å². The lowest BCUT2D eigenvalue weighted by Crippen LogP contribution is -2.51. The molecule has 0 saturated heterocycles. The molecule has 138 valence electrons. The zero-order chi connectivity index (χ0) is 17.8. The molecule has 25 heavy (non-hydrogen) atoms. The van der Waals surface area contributed by atoms with Gasteiger partial charge in [-0.05, 0) is 91.8 Å². The van der Waals surface area contributed by atoms with E-state index in [1.807, 2.05) is 0 Å². The van der Waals surface area contributed by atoms with Crippen molar-refractivity contribution in [3.63, 3.8) is 0 Å². The van der Waals surface area contributed by atoms with E-state index < -0.39 is 0 Å². The zero-order valence-electron chi connectivity index (χ0n) is 16.4. The Morgan fingerprint density at radius 1 is 1.16 bits per heavy atom. The minimum Gasteiger partial charge on any atom is -0.389 e. The lowest BCUT2D eigenvalue weighted by atomic mass is 9.46. The Morgan fingerprint density at radius 3 is 2.72 bits per heavy atom. The van der Waals surface area contributed by atoms with E-state index in [2.05, 4.69) is 32.8 Å². The van der Waals surface area contributed by atoms with E-state index in [0.29, 0.717) is 16.7 Å². The summed E-state index contributed by atoms with van der Waals surface area (Å²) in [5.74, 6) is 7.09. The van der Waals surface area contributed by atoms with E-state index in [-0.39, 0.29) is 6.10 Å². The Kier molecular flexibility index (Phi) is 4.35. The first-order valence-electron chi connectivity index (χ1n) is 10.7. The molecular weight excluding hydrogens is 304 g/mol. The molecule has 0 bridgehead atoms. The van der Waals surface area contributed by atoms with E-state index in [1.165, 1.54) is 44.9 Å². The smallest absolute Gasteiger partial charge is 0.0724 e. The maximum atomic E-state index is 10.1. The number of terminal acetylenes is 1. The van der Waals surface area contributed by atoms with Crippen molar-refractivity contribution in [2.45, 2.75) is 84.7 Å². The summed E-state index contributed by atoms with van der Waals surface area (Å²) < 4.78 is 0. The minimum atomic E-state index is -0.186. The highest BCUT2D eigenvalue weighted by atomic mass is 16.3. The fraction of sp³-hybridized carbons (Fsp3) is 0.833. The summed E-state index contributed by atoms with van der Waals surface area (Å²) >= 11 is 0. The average molecular weight is 341 g/mol. The highest BCUT2D eigenvalue weighted by Gasteiger charge is 2.59. The Bertz CT molecular complexity index is 598. The summed E-state index contributed by atoms with van der Waals surface area (Å²) in [6.45, 7) is 7.53. The Balaban J connectivity index is 1.60. The van der Waals surface area contributed by atoms with Crippen LogP contribution in [0.5, 0.6) is 0 Å². The number of aliphatic hydroxyl groups is 1. The summed E-state index contributed by atoms with van der Waals surface area (Å²) in [6.07, 6.45) is 19.0. The second kappa shape index (κ2) is 6.16. The van der Waals surface area contributed by atoms with Crippen LogP contribution in [0.25, 0.3) is 0 Å². The average Bonchev–Trinajstić information content (AvgIpc) is 2.93. The summed E-state index contributed by atoms with van der Waals surface area (Å²) in [4.78, 5) is 0. The van der Waals surface area contributed by atoms with Crippen LogP contribution in [0.2, 0.25) is 0 Å². The summed E-state index contributed by atoms with van der Waals surface area (Å²) in [5, 5.41) is 10.1. The first-order chi connectivity index (χ1) is 11.9. The maximum Gasteiger partial charge on any atom is 0.0724 e. The quantitative estimate of drug-likeness (QED) is 0.513. The van der Waals surface area contributed by atoms with Crippen LogP contribution in [0.15, 0.2) is 11.6 Å². The third-order valence-electron chi connectivity index (χ3n) is 9.29. The number of fused-ring (bicyclic) bond motifs is 5. The van der Waals surface area contributed by atoms with Crippen molar-refractivity contribution in [2.24, 2.45) is 40.4 Å². The van der Waals surface area contributed by atoms with Gasteiger partial charge < -0.3 is 5.11 Å². The van der Waals surface area contributed by atoms with E-state index in [1.54, 1.807) is 5.57 Å².